The van der Waals surface area contributed by atoms with E-state index in [2.05, 4.69) is 24.8 Å². The smallest absolute Gasteiger partial charge is 0.122 e. The van der Waals surface area contributed by atoms with Gasteiger partial charge in [-0.1, -0.05) is 19.8 Å². The van der Waals surface area contributed by atoms with E-state index < -0.39 is 0 Å². The van der Waals surface area contributed by atoms with Gasteiger partial charge in [0.2, 0.25) is 0 Å². The lowest BCUT2D eigenvalue weighted by atomic mass is 9.96. The molecule has 0 aromatic carbocycles. The summed E-state index contributed by atoms with van der Waals surface area (Å²) >= 11 is 0. The van der Waals surface area contributed by atoms with E-state index in [-0.39, 0.29) is 12.1 Å². The first-order chi connectivity index (χ1) is 9.61. The summed E-state index contributed by atoms with van der Waals surface area (Å²) in [5.41, 5.74) is 6.25. The SMILES string of the molecule is CCCC1CCCN(C(c2ccc(C)o2)C(C)N)CC1. The molecule has 0 radical (unpaired) electrons. The van der Waals surface area contributed by atoms with Crippen molar-refractivity contribution in [3.05, 3.63) is 23.7 Å². The van der Waals surface area contributed by atoms with Crippen molar-refractivity contribution in [1.29, 1.82) is 0 Å². The molecule has 2 N–H and O–H groups in total. The van der Waals surface area contributed by atoms with Gasteiger partial charge < -0.3 is 10.2 Å². The van der Waals surface area contributed by atoms with Gasteiger partial charge in [-0.3, -0.25) is 4.90 Å². The van der Waals surface area contributed by atoms with Crippen LogP contribution in [0.5, 0.6) is 0 Å². The van der Waals surface area contributed by atoms with Gasteiger partial charge in [0.05, 0.1) is 6.04 Å². The quantitative estimate of drug-likeness (QED) is 0.889. The van der Waals surface area contributed by atoms with Gasteiger partial charge in [0.1, 0.15) is 11.5 Å². The third kappa shape index (κ3) is 3.86. The summed E-state index contributed by atoms with van der Waals surface area (Å²) in [7, 11) is 0. The average Bonchev–Trinajstić information content (AvgIpc) is 2.68. The van der Waals surface area contributed by atoms with Crippen LogP contribution in [0.15, 0.2) is 16.5 Å². The fourth-order valence-corrected chi connectivity index (χ4v) is 3.55. The molecule has 0 spiro atoms. The molecule has 1 fully saturated rings. The molecule has 20 heavy (non-hydrogen) atoms. The Morgan fingerprint density at radius 3 is 2.75 bits per heavy atom. The summed E-state index contributed by atoms with van der Waals surface area (Å²) in [5.74, 6) is 2.91. The zero-order valence-corrected chi connectivity index (χ0v) is 13.3. The molecular weight excluding hydrogens is 248 g/mol. The fraction of sp³-hybridized carbons (Fsp3) is 0.765. The number of aryl methyl sites for hydroxylation is 1. The average molecular weight is 278 g/mol. The van der Waals surface area contributed by atoms with E-state index in [0.29, 0.717) is 0 Å². The van der Waals surface area contributed by atoms with Gasteiger partial charge in [-0.2, -0.15) is 0 Å². The van der Waals surface area contributed by atoms with Crippen molar-refractivity contribution in [2.45, 2.75) is 65.0 Å². The minimum absolute atomic E-state index is 0.100. The zero-order chi connectivity index (χ0) is 14.5. The molecule has 2 heterocycles. The second-order valence-electron chi connectivity index (χ2n) is 6.37. The van der Waals surface area contributed by atoms with Crippen molar-refractivity contribution < 1.29 is 4.42 Å². The molecule has 0 saturated carbocycles. The van der Waals surface area contributed by atoms with E-state index in [0.717, 1.165) is 30.5 Å². The molecule has 1 saturated heterocycles. The van der Waals surface area contributed by atoms with Crippen LogP contribution in [0.1, 0.15) is 63.5 Å². The van der Waals surface area contributed by atoms with Crippen LogP contribution in [0, 0.1) is 12.8 Å². The Morgan fingerprint density at radius 1 is 1.35 bits per heavy atom. The first-order valence-corrected chi connectivity index (χ1v) is 8.17. The van der Waals surface area contributed by atoms with E-state index >= 15 is 0 Å². The Bertz CT molecular complexity index is 399. The van der Waals surface area contributed by atoms with Crippen LogP contribution in [0.2, 0.25) is 0 Å². The largest absolute Gasteiger partial charge is 0.465 e. The van der Waals surface area contributed by atoms with E-state index in [1.807, 2.05) is 13.0 Å². The van der Waals surface area contributed by atoms with Gasteiger partial charge in [-0.25, -0.2) is 0 Å². The molecule has 1 aliphatic rings. The monoisotopic (exact) mass is 278 g/mol. The molecule has 1 aliphatic heterocycles. The summed E-state index contributed by atoms with van der Waals surface area (Å²) in [5, 5.41) is 0. The highest BCUT2D eigenvalue weighted by Crippen LogP contribution is 2.30. The minimum Gasteiger partial charge on any atom is -0.465 e. The Balaban J connectivity index is 2.06. The van der Waals surface area contributed by atoms with Crippen molar-refractivity contribution in [3.63, 3.8) is 0 Å². The number of furan rings is 1. The second kappa shape index (κ2) is 7.28. The molecule has 3 nitrogen and oxygen atoms in total. The summed E-state index contributed by atoms with van der Waals surface area (Å²) in [6.45, 7) is 8.68. The molecule has 3 unspecified atom stereocenters. The molecule has 2 rings (SSSR count). The van der Waals surface area contributed by atoms with Crippen LogP contribution >= 0.6 is 0 Å². The van der Waals surface area contributed by atoms with E-state index in [9.17, 15) is 0 Å². The highest BCUT2D eigenvalue weighted by atomic mass is 16.3. The van der Waals surface area contributed by atoms with E-state index in [1.165, 1.54) is 32.1 Å². The maximum absolute atomic E-state index is 6.25. The number of rotatable bonds is 5. The van der Waals surface area contributed by atoms with Crippen LogP contribution in [0.25, 0.3) is 0 Å². The van der Waals surface area contributed by atoms with Gasteiger partial charge in [-0.15, -0.1) is 0 Å². The summed E-state index contributed by atoms with van der Waals surface area (Å²) < 4.78 is 5.85. The van der Waals surface area contributed by atoms with Crippen LogP contribution in [0.3, 0.4) is 0 Å². The third-order valence-corrected chi connectivity index (χ3v) is 4.52. The first-order valence-electron chi connectivity index (χ1n) is 8.17. The van der Waals surface area contributed by atoms with Crippen LogP contribution < -0.4 is 5.73 Å². The zero-order valence-electron chi connectivity index (χ0n) is 13.3. The predicted molar refractivity (Wildman–Crippen MR) is 83.7 cm³/mol. The minimum atomic E-state index is 0.100. The van der Waals surface area contributed by atoms with Crippen LogP contribution in [-0.4, -0.2) is 24.0 Å². The van der Waals surface area contributed by atoms with Gasteiger partial charge in [0, 0.05) is 6.04 Å². The molecule has 0 aliphatic carbocycles. The predicted octanol–water partition coefficient (Wildman–Crippen LogP) is 3.88. The Kier molecular flexibility index (Phi) is 5.67. The molecular formula is C17H30N2O. The number of likely N-dealkylation sites (tertiary alicyclic amines) is 1. The molecule has 114 valence electrons. The van der Waals surface area contributed by atoms with Crippen molar-refractivity contribution in [1.82, 2.24) is 4.90 Å². The maximum Gasteiger partial charge on any atom is 0.122 e. The lowest BCUT2D eigenvalue weighted by Gasteiger charge is -2.32. The molecule has 0 bridgehead atoms. The normalized spacial score (nSPS) is 24.3. The Hall–Kier alpha value is -0.800. The molecule has 3 atom stereocenters. The highest BCUT2D eigenvalue weighted by molar-refractivity contribution is 5.12. The third-order valence-electron chi connectivity index (χ3n) is 4.52. The van der Waals surface area contributed by atoms with Crippen molar-refractivity contribution in [2.75, 3.05) is 13.1 Å². The second-order valence-corrected chi connectivity index (χ2v) is 6.37. The van der Waals surface area contributed by atoms with Gasteiger partial charge in [0.15, 0.2) is 0 Å². The lowest BCUT2D eigenvalue weighted by molar-refractivity contribution is 0.157. The standard InChI is InChI=1S/C17H30N2O/c1-4-6-15-7-5-11-19(12-10-15)17(14(3)18)16-9-8-13(2)20-16/h8-9,14-15,17H,4-7,10-12,18H2,1-3H3. The van der Waals surface area contributed by atoms with Crippen molar-refractivity contribution in [3.8, 4) is 0 Å². The molecule has 1 aromatic rings. The van der Waals surface area contributed by atoms with E-state index in [1.54, 1.807) is 0 Å². The van der Waals surface area contributed by atoms with Gasteiger partial charge in [0.25, 0.3) is 0 Å². The summed E-state index contributed by atoms with van der Waals surface area (Å²) in [4.78, 5) is 2.54. The van der Waals surface area contributed by atoms with Gasteiger partial charge in [-0.05, 0) is 64.3 Å². The van der Waals surface area contributed by atoms with Crippen molar-refractivity contribution in [2.24, 2.45) is 11.7 Å². The number of hydrogen-bond donors (Lipinski definition) is 1. The fourth-order valence-electron chi connectivity index (χ4n) is 3.55. The number of nitrogens with two attached hydrogens (primary N) is 1. The molecule has 1 aromatic heterocycles. The molecule has 0 amide bonds. The van der Waals surface area contributed by atoms with Crippen molar-refractivity contribution >= 4 is 0 Å². The maximum atomic E-state index is 6.25. The van der Waals surface area contributed by atoms with E-state index in [4.69, 9.17) is 10.2 Å². The molecule has 3 heteroatoms. The topological polar surface area (TPSA) is 42.4 Å². The summed E-state index contributed by atoms with van der Waals surface area (Å²) in [6, 6.07) is 4.47. The van der Waals surface area contributed by atoms with Crippen LogP contribution in [-0.2, 0) is 0 Å². The number of hydrogen-bond acceptors (Lipinski definition) is 3. The highest BCUT2D eigenvalue weighted by Gasteiger charge is 2.28. The Labute approximate surface area is 123 Å². The van der Waals surface area contributed by atoms with Gasteiger partial charge >= 0.3 is 0 Å². The summed E-state index contributed by atoms with van der Waals surface area (Å²) in [6.07, 6.45) is 6.63. The first kappa shape index (κ1) is 15.6. The number of nitrogens with zero attached hydrogens (tertiary/aromatic N) is 1. The van der Waals surface area contributed by atoms with Crippen LogP contribution in [0.4, 0.5) is 0 Å². The lowest BCUT2D eigenvalue weighted by Crippen LogP contribution is -2.40. The Morgan fingerprint density at radius 2 is 2.15 bits per heavy atom.